The third-order valence-electron chi connectivity index (χ3n) is 3.21. The number of benzene rings is 1. The number of aliphatic carboxylic acids is 1. The molecule has 0 fully saturated rings. The van der Waals surface area contributed by atoms with Crippen molar-refractivity contribution in [3.63, 3.8) is 0 Å². The number of rotatable bonds is 4. The van der Waals surface area contributed by atoms with E-state index in [1.54, 1.807) is 18.5 Å². The van der Waals surface area contributed by atoms with Crippen molar-refractivity contribution in [3.05, 3.63) is 59.2 Å². The summed E-state index contributed by atoms with van der Waals surface area (Å²) in [6.07, 6.45) is 3.27. The van der Waals surface area contributed by atoms with E-state index in [4.69, 9.17) is 5.11 Å². The Hall–Kier alpha value is -2.23. The summed E-state index contributed by atoms with van der Waals surface area (Å²) in [7, 11) is 0. The van der Waals surface area contributed by atoms with Crippen molar-refractivity contribution in [2.24, 2.45) is 0 Å². The Bertz CT molecular complexity index is 582. The first-order valence-corrected chi connectivity index (χ1v) is 6.14. The van der Waals surface area contributed by atoms with Crippen LogP contribution in [0.4, 0.5) is 0 Å². The highest BCUT2D eigenvalue weighted by atomic mass is 16.4. The Balaban J connectivity index is 2.42. The van der Waals surface area contributed by atoms with Crippen LogP contribution in [-0.2, 0) is 4.79 Å². The fourth-order valence-corrected chi connectivity index (χ4v) is 2.00. The Labute approximate surface area is 112 Å². The molecule has 1 unspecified atom stereocenters. The van der Waals surface area contributed by atoms with E-state index in [-0.39, 0.29) is 12.3 Å². The van der Waals surface area contributed by atoms with E-state index < -0.39 is 5.97 Å². The van der Waals surface area contributed by atoms with Crippen LogP contribution < -0.4 is 0 Å². The molecule has 1 aromatic heterocycles. The molecule has 1 aromatic carbocycles. The van der Waals surface area contributed by atoms with Crippen molar-refractivity contribution in [1.82, 2.24) is 9.97 Å². The van der Waals surface area contributed by atoms with Crippen molar-refractivity contribution >= 4 is 5.97 Å². The molecule has 2 rings (SSSR count). The Morgan fingerprint density at radius 1 is 1.21 bits per heavy atom. The monoisotopic (exact) mass is 256 g/mol. The molecular weight excluding hydrogens is 240 g/mol. The summed E-state index contributed by atoms with van der Waals surface area (Å²) in [4.78, 5) is 19.4. The molecule has 4 nitrogen and oxygen atoms in total. The molecule has 0 aliphatic carbocycles. The van der Waals surface area contributed by atoms with Gasteiger partial charge in [-0.1, -0.05) is 18.2 Å². The summed E-state index contributed by atoms with van der Waals surface area (Å²) in [5.74, 6) is -0.609. The van der Waals surface area contributed by atoms with Crippen molar-refractivity contribution in [2.75, 3.05) is 0 Å². The van der Waals surface area contributed by atoms with Gasteiger partial charge in [-0.05, 0) is 36.6 Å². The third kappa shape index (κ3) is 3.16. The van der Waals surface area contributed by atoms with E-state index >= 15 is 0 Å². The van der Waals surface area contributed by atoms with Gasteiger partial charge in [0.1, 0.15) is 5.82 Å². The van der Waals surface area contributed by atoms with Crippen LogP contribution in [-0.4, -0.2) is 21.0 Å². The predicted molar refractivity (Wildman–Crippen MR) is 72.0 cm³/mol. The van der Waals surface area contributed by atoms with Gasteiger partial charge in [0.05, 0.1) is 12.3 Å². The Morgan fingerprint density at radius 3 is 2.47 bits per heavy atom. The molecule has 0 spiro atoms. The lowest BCUT2D eigenvalue weighted by molar-refractivity contribution is -0.137. The summed E-state index contributed by atoms with van der Waals surface area (Å²) in [5.41, 5.74) is 3.27. The van der Waals surface area contributed by atoms with Gasteiger partial charge in [-0.3, -0.25) is 4.79 Å². The zero-order valence-corrected chi connectivity index (χ0v) is 11.0. The minimum atomic E-state index is -0.851. The predicted octanol–water partition coefficient (Wildman–Crippen LogP) is 2.70. The Morgan fingerprint density at radius 2 is 1.89 bits per heavy atom. The number of hydrogen-bond donors (Lipinski definition) is 1. The number of carboxylic acids is 1. The summed E-state index contributed by atoms with van der Waals surface area (Å²) in [6.45, 7) is 4.05. The third-order valence-corrected chi connectivity index (χ3v) is 3.21. The number of carboxylic acid groups (broad SMARTS) is 1. The summed E-state index contributed by atoms with van der Waals surface area (Å²) < 4.78 is 0. The number of nitrogens with zero attached hydrogens (tertiary/aromatic N) is 2. The van der Waals surface area contributed by atoms with Crippen molar-refractivity contribution in [3.8, 4) is 0 Å². The molecule has 0 aliphatic heterocycles. The smallest absolute Gasteiger partial charge is 0.304 e. The number of aromatic nitrogens is 2. The average molecular weight is 256 g/mol. The van der Waals surface area contributed by atoms with Crippen LogP contribution in [0.1, 0.15) is 34.9 Å². The van der Waals surface area contributed by atoms with Gasteiger partial charge in [-0.25, -0.2) is 9.97 Å². The second-order valence-electron chi connectivity index (χ2n) is 4.60. The molecule has 1 N–H and O–H groups in total. The van der Waals surface area contributed by atoms with Crippen LogP contribution >= 0.6 is 0 Å². The largest absolute Gasteiger partial charge is 0.481 e. The standard InChI is InChI=1S/C15H16N2O2/c1-10-4-5-12(8-11(10)2)13(9-14(18)19)15-16-6-3-7-17-15/h3-8,13H,9H2,1-2H3,(H,18,19). The summed E-state index contributed by atoms with van der Waals surface area (Å²) >= 11 is 0. The second-order valence-corrected chi connectivity index (χ2v) is 4.60. The van der Waals surface area contributed by atoms with Gasteiger partial charge in [0.25, 0.3) is 0 Å². The van der Waals surface area contributed by atoms with Gasteiger partial charge in [0.2, 0.25) is 0 Å². The van der Waals surface area contributed by atoms with Crippen molar-refractivity contribution in [1.29, 1.82) is 0 Å². The molecule has 19 heavy (non-hydrogen) atoms. The first-order chi connectivity index (χ1) is 9.08. The van der Waals surface area contributed by atoms with Crippen molar-refractivity contribution < 1.29 is 9.90 Å². The second kappa shape index (κ2) is 5.61. The molecule has 4 heteroatoms. The highest BCUT2D eigenvalue weighted by Crippen LogP contribution is 2.26. The van der Waals surface area contributed by atoms with Gasteiger partial charge in [0, 0.05) is 12.4 Å². The maximum absolute atomic E-state index is 11.1. The minimum Gasteiger partial charge on any atom is -0.481 e. The maximum Gasteiger partial charge on any atom is 0.304 e. The first kappa shape index (κ1) is 13.2. The maximum atomic E-state index is 11.1. The fraction of sp³-hybridized carbons (Fsp3) is 0.267. The molecule has 0 amide bonds. The molecule has 0 aliphatic rings. The number of hydrogen-bond acceptors (Lipinski definition) is 3. The first-order valence-electron chi connectivity index (χ1n) is 6.14. The van der Waals surface area contributed by atoms with Crippen LogP contribution in [0.5, 0.6) is 0 Å². The summed E-state index contributed by atoms with van der Waals surface area (Å²) in [5, 5.41) is 9.07. The zero-order valence-electron chi connectivity index (χ0n) is 11.0. The van der Waals surface area contributed by atoms with Gasteiger partial charge < -0.3 is 5.11 Å². The molecular formula is C15H16N2O2. The van der Waals surface area contributed by atoms with Crippen LogP contribution in [0.15, 0.2) is 36.7 Å². The van der Waals surface area contributed by atoms with E-state index in [9.17, 15) is 4.79 Å². The average Bonchev–Trinajstić information content (AvgIpc) is 2.40. The molecule has 0 radical (unpaired) electrons. The number of aryl methyl sites for hydroxylation is 2. The van der Waals surface area contributed by atoms with Crippen LogP contribution in [0, 0.1) is 13.8 Å². The molecule has 0 saturated carbocycles. The van der Waals surface area contributed by atoms with E-state index in [2.05, 4.69) is 9.97 Å². The van der Waals surface area contributed by atoms with E-state index in [1.807, 2.05) is 32.0 Å². The van der Waals surface area contributed by atoms with E-state index in [0.29, 0.717) is 5.82 Å². The lowest BCUT2D eigenvalue weighted by atomic mass is 9.92. The normalized spacial score (nSPS) is 12.1. The molecule has 0 bridgehead atoms. The fourth-order valence-electron chi connectivity index (χ4n) is 2.00. The number of carbonyl (C=O) groups is 1. The highest BCUT2D eigenvalue weighted by molar-refractivity contribution is 5.68. The molecule has 2 aromatic rings. The SMILES string of the molecule is Cc1ccc(C(CC(=O)O)c2ncccn2)cc1C. The lowest BCUT2D eigenvalue weighted by Gasteiger charge is -2.15. The zero-order chi connectivity index (χ0) is 13.8. The quantitative estimate of drug-likeness (QED) is 0.913. The van der Waals surface area contributed by atoms with Gasteiger partial charge in [0.15, 0.2) is 0 Å². The van der Waals surface area contributed by atoms with E-state index in [1.165, 1.54) is 5.56 Å². The van der Waals surface area contributed by atoms with E-state index in [0.717, 1.165) is 11.1 Å². The van der Waals surface area contributed by atoms with Crippen LogP contribution in [0.3, 0.4) is 0 Å². The molecule has 1 atom stereocenters. The molecule has 98 valence electrons. The van der Waals surface area contributed by atoms with Gasteiger partial charge >= 0.3 is 5.97 Å². The topological polar surface area (TPSA) is 63.1 Å². The van der Waals surface area contributed by atoms with Gasteiger partial charge in [-0.2, -0.15) is 0 Å². The van der Waals surface area contributed by atoms with Gasteiger partial charge in [-0.15, -0.1) is 0 Å². The minimum absolute atomic E-state index is 0.00743. The lowest BCUT2D eigenvalue weighted by Crippen LogP contribution is -2.11. The molecule has 0 saturated heterocycles. The Kier molecular flexibility index (Phi) is 3.90. The summed E-state index contributed by atoms with van der Waals surface area (Å²) in [6, 6.07) is 7.69. The van der Waals surface area contributed by atoms with Crippen LogP contribution in [0.2, 0.25) is 0 Å². The molecule has 1 heterocycles. The highest BCUT2D eigenvalue weighted by Gasteiger charge is 2.20. The van der Waals surface area contributed by atoms with Crippen LogP contribution in [0.25, 0.3) is 0 Å². The van der Waals surface area contributed by atoms with Crippen molar-refractivity contribution in [2.45, 2.75) is 26.2 Å².